The van der Waals surface area contributed by atoms with Gasteiger partial charge < -0.3 is 10.1 Å². The number of hydrogen-bond acceptors (Lipinski definition) is 2. The Hall–Kier alpha value is -1.59. The first kappa shape index (κ1) is 15.8. The van der Waals surface area contributed by atoms with Crippen molar-refractivity contribution in [2.75, 3.05) is 5.32 Å². The first-order valence-electron chi connectivity index (χ1n) is 5.88. The van der Waals surface area contributed by atoms with Gasteiger partial charge in [-0.25, -0.2) is 0 Å². The molecule has 0 atom stereocenters. The summed E-state index contributed by atoms with van der Waals surface area (Å²) in [6, 6.07) is 10.8. The molecule has 0 bridgehead atoms. The van der Waals surface area contributed by atoms with Gasteiger partial charge in [0.2, 0.25) is 0 Å². The van der Waals surface area contributed by atoms with Crippen molar-refractivity contribution in [3.63, 3.8) is 0 Å². The number of rotatable bonds is 4. The smallest absolute Gasteiger partial charge is 0.404 e. The summed E-state index contributed by atoms with van der Waals surface area (Å²) in [6.45, 7) is 0.287. The van der Waals surface area contributed by atoms with Gasteiger partial charge in [-0.3, -0.25) is 0 Å². The van der Waals surface area contributed by atoms with Gasteiger partial charge in [-0.05, 0) is 29.8 Å². The van der Waals surface area contributed by atoms with Gasteiger partial charge in [-0.2, -0.15) is 0 Å². The number of para-hydroxylation sites is 2. The molecule has 0 radical (unpaired) electrons. The van der Waals surface area contributed by atoms with Gasteiger partial charge in [0.05, 0.1) is 15.7 Å². The van der Waals surface area contributed by atoms with Crippen molar-refractivity contribution >= 4 is 28.9 Å². The molecule has 1 N–H and O–H groups in total. The van der Waals surface area contributed by atoms with Crippen LogP contribution in [0.5, 0.6) is 5.75 Å². The van der Waals surface area contributed by atoms with E-state index >= 15 is 0 Å². The standard InChI is InChI=1S/C14H10Cl2F3NO/c15-10-6-5-9(7-11(10)16)8-20-12-3-1-2-4-13(12)21-14(17,18)19/h1-7,20H,8H2. The van der Waals surface area contributed by atoms with E-state index in [1.807, 2.05) is 0 Å². The highest BCUT2D eigenvalue weighted by Gasteiger charge is 2.32. The number of halogens is 5. The van der Waals surface area contributed by atoms with Crippen LogP contribution < -0.4 is 10.1 Å². The highest BCUT2D eigenvalue weighted by Crippen LogP contribution is 2.30. The van der Waals surface area contributed by atoms with Crippen molar-refractivity contribution in [3.8, 4) is 5.75 Å². The van der Waals surface area contributed by atoms with E-state index in [-0.39, 0.29) is 18.0 Å². The lowest BCUT2D eigenvalue weighted by Crippen LogP contribution is -2.18. The molecule has 0 aliphatic heterocycles. The molecule has 0 fully saturated rings. The molecule has 0 aliphatic rings. The Kier molecular flexibility index (Phi) is 4.85. The molecule has 0 heterocycles. The number of hydrogen-bond donors (Lipinski definition) is 1. The van der Waals surface area contributed by atoms with Gasteiger partial charge in [0.15, 0.2) is 5.75 Å². The minimum atomic E-state index is -4.73. The minimum absolute atomic E-state index is 0.237. The third kappa shape index (κ3) is 4.72. The molecule has 0 unspecified atom stereocenters. The summed E-state index contributed by atoms with van der Waals surface area (Å²) in [5.74, 6) is -0.287. The second-order valence-corrected chi connectivity index (χ2v) is 4.96. The van der Waals surface area contributed by atoms with Crippen LogP contribution in [0.2, 0.25) is 10.0 Å². The van der Waals surface area contributed by atoms with E-state index in [0.717, 1.165) is 5.56 Å². The van der Waals surface area contributed by atoms with Crippen LogP contribution in [0.15, 0.2) is 42.5 Å². The van der Waals surface area contributed by atoms with E-state index in [9.17, 15) is 13.2 Å². The molecule has 0 aliphatic carbocycles. The molecule has 2 aromatic carbocycles. The van der Waals surface area contributed by atoms with E-state index in [0.29, 0.717) is 10.0 Å². The number of nitrogens with one attached hydrogen (secondary N) is 1. The quantitative estimate of drug-likeness (QED) is 0.796. The van der Waals surface area contributed by atoms with Crippen LogP contribution in [0.4, 0.5) is 18.9 Å². The number of alkyl halides is 3. The van der Waals surface area contributed by atoms with Crippen LogP contribution in [-0.4, -0.2) is 6.36 Å². The molecule has 2 aromatic rings. The Morgan fingerprint density at radius 2 is 1.71 bits per heavy atom. The molecule has 2 nitrogen and oxygen atoms in total. The molecule has 0 aromatic heterocycles. The first-order chi connectivity index (χ1) is 9.85. The minimum Gasteiger partial charge on any atom is -0.404 e. The van der Waals surface area contributed by atoms with Crippen molar-refractivity contribution < 1.29 is 17.9 Å². The molecule has 0 spiro atoms. The second-order valence-electron chi connectivity index (χ2n) is 4.15. The van der Waals surface area contributed by atoms with Gasteiger partial charge in [-0.1, -0.05) is 41.4 Å². The van der Waals surface area contributed by atoms with Crippen LogP contribution >= 0.6 is 23.2 Å². The number of anilines is 1. The zero-order chi connectivity index (χ0) is 15.5. The summed E-state index contributed by atoms with van der Waals surface area (Å²) in [6.07, 6.45) is -4.73. The summed E-state index contributed by atoms with van der Waals surface area (Å²) in [5, 5.41) is 3.67. The molecule has 0 saturated carbocycles. The molecule has 0 amide bonds. The zero-order valence-electron chi connectivity index (χ0n) is 10.5. The van der Waals surface area contributed by atoms with E-state index in [4.69, 9.17) is 23.2 Å². The van der Waals surface area contributed by atoms with E-state index in [2.05, 4.69) is 10.1 Å². The number of ether oxygens (including phenoxy) is 1. The SMILES string of the molecule is FC(F)(F)Oc1ccccc1NCc1ccc(Cl)c(Cl)c1. The summed E-state index contributed by atoms with van der Waals surface area (Å²) in [4.78, 5) is 0. The van der Waals surface area contributed by atoms with Crippen molar-refractivity contribution in [3.05, 3.63) is 58.1 Å². The monoisotopic (exact) mass is 335 g/mol. The Morgan fingerprint density at radius 3 is 2.38 bits per heavy atom. The number of benzene rings is 2. The van der Waals surface area contributed by atoms with E-state index in [1.54, 1.807) is 24.3 Å². The molecular formula is C14H10Cl2F3NO. The Labute approximate surface area is 129 Å². The molecule has 21 heavy (non-hydrogen) atoms. The Morgan fingerprint density at radius 1 is 1.00 bits per heavy atom. The molecular weight excluding hydrogens is 326 g/mol. The highest BCUT2D eigenvalue weighted by molar-refractivity contribution is 6.42. The topological polar surface area (TPSA) is 21.3 Å². The summed E-state index contributed by atoms with van der Waals surface area (Å²) in [7, 11) is 0. The van der Waals surface area contributed by atoms with Gasteiger partial charge in [0.1, 0.15) is 0 Å². The summed E-state index contributed by atoms with van der Waals surface area (Å²) in [5.41, 5.74) is 1.02. The lowest BCUT2D eigenvalue weighted by atomic mass is 10.2. The van der Waals surface area contributed by atoms with Crippen LogP contribution in [0.25, 0.3) is 0 Å². The zero-order valence-corrected chi connectivity index (χ0v) is 12.1. The fourth-order valence-electron chi connectivity index (χ4n) is 1.67. The van der Waals surface area contributed by atoms with Gasteiger partial charge in [0, 0.05) is 6.54 Å². The van der Waals surface area contributed by atoms with Gasteiger partial charge in [-0.15, -0.1) is 13.2 Å². The van der Waals surface area contributed by atoms with E-state index in [1.165, 1.54) is 18.2 Å². The second kappa shape index (κ2) is 6.45. The maximum absolute atomic E-state index is 12.3. The average Bonchev–Trinajstić information content (AvgIpc) is 2.40. The van der Waals surface area contributed by atoms with Crippen LogP contribution in [0, 0.1) is 0 Å². The van der Waals surface area contributed by atoms with Crippen molar-refractivity contribution in [1.29, 1.82) is 0 Å². The predicted molar refractivity (Wildman–Crippen MR) is 76.9 cm³/mol. The summed E-state index contributed by atoms with van der Waals surface area (Å²) >= 11 is 11.7. The van der Waals surface area contributed by atoms with Crippen LogP contribution in [0.3, 0.4) is 0 Å². The maximum atomic E-state index is 12.3. The highest BCUT2D eigenvalue weighted by atomic mass is 35.5. The third-order valence-corrected chi connectivity index (χ3v) is 3.32. The lowest BCUT2D eigenvalue weighted by Gasteiger charge is -2.14. The fourth-order valence-corrected chi connectivity index (χ4v) is 1.99. The normalized spacial score (nSPS) is 11.3. The molecule has 2 rings (SSSR count). The van der Waals surface area contributed by atoms with E-state index < -0.39 is 6.36 Å². The van der Waals surface area contributed by atoms with Crippen molar-refractivity contribution in [2.24, 2.45) is 0 Å². The molecule has 0 saturated heterocycles. The van der Waals surface area contributed by atoms with Crippen molar-refractivity contribution in [2.45, 2.75) is 12.9 Å². The molecule has 112 valence electrons. The average molecular weight is 336 g/mol. The Bertz CT molecular complexity index is 632. The van der Waals surface area contributed by atoms with Crippen molar-refractivity contribution in [1.82, 2.24) is 0 Å². The summed E-state index contributed by atoms with van der Waals surface area (Å²) < 4.78 is 40.9. The van der Waals surface area contributed by atoms with Crippen LogP contribution in [0.1, 0.15) is 5.56 Å². The lowest BCUT2D eigenvalue weighted by molar-refractivity contribution is -0.274. The fraction of sp³-hybridized carbons (Fsp3) is 0.143. The molecule has 7 heteroatoms. The Balaban J connectivity index is 2.11. The van der Waals surface area contributed by atoms with Gasteiger partial charge >= 0.3 is 6.36 Å². The third-order valence-electron chi connectivity index (χ3n) is 2.58. The predicted octanol–water partition coefficient (Wildman–Crippen LogP) is 5.50. The van der Waals surface area contributed by atoms with Gasteiger partial charge in [0.25, 0.3) is 0 Å². The van der Waals surface area contributed by atoms with Crippen LogP contribution in [-0.2, 0) is 6.54 Å². The largest absolute Gasteiger partial charge is 0.573 e. The maximum Gasteiger partial charge on any atom is 0.573 e. The first-order valence-corrected chi connectivity index (χ1v) is 6.63.